The maximum Gasteiger partial charge on any atom is 2.00 e. The quantitative estimate of drug-likeness (QED) is 0.121. The zero-order chi connectivity index (χ0) is 24.2. The van der Waals surface area contributed by atoms with E-state index in [4.69, 9.17) is 10.8 Å². The Morgan fingerprint density at radius 3 is 1.31 bits per heavy atom. The number of nitrogens with one attached hydrogen (secondary N) is 2. The van der Waals surface area contributed by atoms with E-state index in [0.29, 0.717) is 0 Å². The number of fused-ring (bicyclic) bond motifs is 6. The molecule has 4 aromatic heterocycles. The third-order valence-electron chi connectivity index (χ3n) is 4.81. The van der Waals surface area contributed by atoms with Gasteiger partial charge in [0.1, 0.15) is 0 Å². The van der Waals surface area contributed by atoms with Gasteiger partial charge in [-0.15, -0.1) is 0 Å². The molecule has 0 amide bonds. The molecule has 0 aliphatic rings. The van der Waals surface area contributed by atoms with Crippen LogP contribution >= 0.6 is 24.4 Å². The molecule has 6 nitrogen and oxygen atoms in total. The van der Waals surface area contributed by atoms with E-state index in [2.05, 4.69) is 92.9 Å². The normalized spacial score (nSPS) is 9.14. The van der Waals surface area contributed by atoms with Crippen molar-refractivity contribution in [3.63, 3.8) is 0 Å². The van der Waals surface area contributed by atoms with Crippen molar-refractivity contribution in [2.75, 3.05) is 0 Å². The van der Waals surface area contributed by atoms with Crippen LogP contribution in [-0.4, -0.2) is 43.3 Å². The van der Waals surface area contributed by atoms with Gasteiger partial charge in [-0.1, -0.05) is 48.7 Å². The minimum Gasteiger partial charge on any atom is -0.753 e. The van der Waals surface area contributed by atoms with Gasteiger partial charge in [-0.05, 0) is 36.4 Å². The van der Waals surface area contributed by atoms with E-state index < -0.39 is 0 Å². The standard InChI is InChI=1S/2C12H8N2.2CNS.Mg/c2*1-3-9-5-6-10-4-2-8-14-12(10)11(9)13-7-1;2*2-1-3;/h2*1-8H;;;/q;;2*-1;+2/p+2. The van der Waals surface area contributed by atoms with Crippen LogP contribution in [0.1, 0.15) is 0 Å². The first kappa shape index (κ1) is 27.7. The van der Waals surface area contributed by atoms with E-state index in [-0.39, 0.29) is 23.1 Å². The maximum atomic E-state index is 7.13. The predicted octanol–water partition coefficient (Wildman–Crippen LogP) is 5.34. The molecule has 6 aromatic rings. The summed E-state index contributed by atoms with van der Waals surface area (Å²) in [7, 11) is 0. The Kier molecular flexibility index (Phi) is 11.6. The summed E-state index contributed by atoms with van der Waals surface area (Å²) in [4.78, 5) is 15.2. The summed E-state index contributed by atoms with van der Waals surface area (Å²) in [5.41, 5.74) is 4.27. The van der Waals surface area contributed by atoms with Gasteiger partial charge in [0.15, 0.2) is 12.4 Å². The van der Waals surface area contributed by atoms with Gasteiger partial charge in [-0.3, -0.25) is 9.97 Å². The molecule has 2 aromatic carbocycles. The van der Waals surface area contributed by atoms with Gasteiger partial charge in [-0.2, -0.15) is 10.3 Å². The fourth-order valence-electron chi connectivity index (χ4n) is 3.47. The van der Waals surface area contributed by atoms with Crippen LogP contribution in [0, 0.1) is 0 Å². The molecule has 9 heteroatoms. The van der Waals surface area contributed by atoms with Gasteiger partial charge in [0.05, 0.1) is 21.8 Å². The molecule has 6 rings (SSSR count). The summed E-state index contributed by atoms with van der Waals surface area (Å²) in [6, 6.07) is 24.6. The van der Waals surface area contributed by atoms with E-state index in [1.165, 1.54) is 21.1 Å². The first-order valence-electron chi connectivity index (χ1n) is 10.0. The van der Waals surface area contributed by atoms with Crippen molar-refractivity contribution < 1.29 is 9.97 Å². The van der Waals surface area contributed by atoms with E-state index in [1.54, 1.807) is 12.4 Å². The van der Waals surface area contributed by atoms with Crippen LogP contribution in [0.2, 0.25) is 0 Å². The summed E-state index contributed by atoms with van der Waals surface area (Å²) >= 11 is 7.40. The van der Waals surface area contributed by atoms with Crippen LogP contribution < -0.4 is 9.97 Å². The number of nitrogens with zero attached hydrogens (tertiary/aromatic N) is 4. The molecule has 164 valence electrons. The van der Waals surface area contributed by atoms with Gasteiger partial charge in [-0.25, -0.2) is 9.97 Å². The number of hydrogen-bond acceptors (Lipinski definition) is 4. The minimum atomic E-state index is 0. The van der Waals surface area contributed by atoms with Crippen molar-refractivity contribution in [3.8, 4) is 0 Å². The van der Waals surface area contributed by atoms with Gasteiger partial charge in [0.25, 0.3) is 11.0 Å². The molecule has 0 saturated carbocycles. The van der Waals surface area contributed by atoms with Crippen molar-refractivity contribution in [2.24, 2.45) is 0 Å². The molecule has 4 heterocycles. The number of hydrogen-bond donors (Lipinski definition) is 0. The minimum absolute atomic E-state index is 0. The Balaban J connectivity index is 0.000000198. The fraction of sp³-hybridized carbons (Fsp3) is 0. The molecule has 0 saturated heterocycles. The first-order chi connectivity index (χ1) is 16.7. The Bertz CT molecular complexity index is 1400. The van der Waals surface area contributed by atoms with Crippen molar-refractivity contribution in [3.05, 3.63) is 108 Å². The molecular formula is C26H18MgN6S2+2. The number of aromatic nitrogens is 4. The zero-order valence-corrected chi connectivity index (χ0v) is 21.6. The smallest absolute Gasteiger partial charge is 0.753 e. The van der Waals surface area contributed by atoms with Crippen LogP contribution in [0.15, 0.2) is 97.6 Å². The molecule has 0 aliphatic heterocycles. The molecule has 35 heavy (non-hydrogen) atoms. The fourth-order valence-corrected chi connectivity index (χ4v) is 3.47. The number of isothiocyanates is 2. The largest absolute Gasteiger partial charge is 2.00 e. The molecule has 0 spiro atoms. The van der Waals surface area contributed by atoms with Crippen molar-refractivity contribution in [1.29, 1.82) is 0 Å². The summed E-state index contributed by atoms with van der Waals surface area (Å²) in [6.07, 6.45) is 7.50. The third kappa shape index (κ3) is 7.21. The van der Waals surface area contributed by atoms with Crippen molar-refractivity contribution in [2.45, 2.75) is 0 Å². The molecule has 0 aliphatic carbocycles. The SMILES string of the molecule is [Mg+2].[N-]=C=S.[N-]=C=S.c1c[nH+]c2c(c1)ccc1ccc[nH+]c12.c1cnc2c(c1)ccc1cccnc12. The number of benzene rings is 2. The first-order valence-corrected chi connectivity index (χ1v) is 10.9. The summed E-state index contributed by atoms with van der Waals surface area (Å²) < 4.78 is 0. The van der Waals surface area contributed by atoms with Gasteiger partial charge in [0.2, 0.25) is 0 Å². The summed E-state index contributed by atoms with van der Waals surface area (Å²) in [5, 5.41) is 21.7. The van der Waals surface area contributed by atoms with Crippen molar-refractivity contribution in [1.82, 2.24) is 9.97 Å². The van der Waals surface area contributed by atoms with Crippen LogP contribution in [0.3, 0.4) is 0 Å². The van der Waals surface area contributed by atoms with Crippen LogP contribution in [0.4, 0.5) is 0 Å². The number of pyridine rings is 4. The second kappa shape index (κ2) is 14.7. The number of H-pyrrole nitrogens is 2. The van der Waals surface area contributed by atoms with E-state index in [1.807, 2.05) is 36.7 Å². The summed E-state index contributed by atoms with van der Waals surface area (Å²) in [5.74, 6) is 0. The van der Waals surface area contributed by atoms with Gasteiger partial charge in [0, 0.05) is 35.3 Å². The van der Waals surface area contributed by atoms with Crippen LogP contribution in [-0.2, 0) is 0 Å². The van der Waals surface area contributed by atoms with E-state index in [9.17, 15) is 0 Å². The van der Waals surface area contributed by atoms with Gasteiger partial charge < -0.3 is 10.8 Å². The molecule has 0 atom stereocenters. The van der Waals surface area contributed by atoms with E-state index >= 15 is 0 Å². The zero-order valence-electron chi connectivity index (χ0n) is 18.6. The molecule has 0 bridgehead atoms. The van der Waals surface area contributed by atoms with Gasteiger partial charge >= 0.3 is 23.1 Å². The topological polar surface area (TPSA) is 98.7 Å². The second-order valence-electron chi connectivity index (χ2n) is 6.73. The predicted molar refractivity (Wildman–Crippen MR) is 149 cm³/mol. The van der Waals surface area contributed by atoms with Crippen molar-refractivity contribution >= 4 is 101 Å². The molecule has 0 radical (unpaired) electrons. The number of rotatable bonds is 0. The molecule has 2 N–H and O–H groups in total. The summed E-state index contributed by atoms with van der Waals surface area (Å²) in [6.45, 7) is 0. The molecule has 0 fully saturated rings. The Morgan fingerprint density at radius 1 is 0.571 bits per heavy atom. The average molecular weight is 503 g/mol. The Hall–Kier alpha value is -3.55. The Labute approximate surface area is 228 Å². The van der Waals surface area contributed by atoms with E-state index in [0.717, 1.165) is 32.8 Å². The molecule has 0 unspecified atom stereocenters. The number of aromatic amines is 2. The molecular weight excluding hydrogens is 485 g/mol. The average Bonchev–Trinajstić information content (AvgIpc) is 2.90. The number of thiocarbonyl (C=S) groups is 2. The monoisotopic (exact) mass is 502 g/mol. The van der Waals surface area contributed by atoms with Crippen LogP contribution in [0.5, 0.6) is 0 Å². The Morgan fingerprint density at radius 2 is 0.914 bits per heavy atom. The second-order valence-corrected chi connectivity index (χ2v) is 7.10. The maximum absolute atomic E-state index is 7.13. The van der Waals surface area contributed by atoms with Crippen LogP contribution in [0.25, 0.3) is 54.4 Å². The third-order valence-corrected chi connectivity index (χ3v) is 4.81.